The van der Waals surface area contributed by atoms with E-state index in [4.69, 9.17) is 11.6 Å². The number of amides is 1. The van der Waals surface area contributed by atoms with E-state index >= 15 is 0 Å². The van der Waals surface area contributed by atoms with Gasteiger partial charge in [0, 0.05) is 13.1 Å². The van der Waals surface area contributed by atoms with Crippen LogP contribution in [-0.2, 0) is 4.79 Å². The number of rotatable bonds is 2. The van der Waals surface area contributed by atoms with Crippen LogP contribution in [0.15, 0.2) is 39.4 Å². The Morgan fingerprint density at radius 3 is 2.57 bits per heavy atom. The lowest BCUT2D eigenvalue weighted by Crippen LogP contribution is -2.55. The molecule has 2 atom stereocenters. The van der Waals surface area contributed by atoms with Gasteiger partial charge in [0.15, 0.2) is 6.17 Å². The molecule has 2 unspecified atom stereocenters. The molecule has 4 rings (SSSR count). The molecule has 0 N–H and O–H groups in total. The van der Waals surface area contributed by atoms with Crippen molar-refractivity contribution >= 4 is 40.8 Å². The largest absolute Gasteiger partial charge is 0.433 e. The van der Waals surface area contributed by atoms with E-state index in [0.29, 0.717) is 18.0 Å². The quantitative estimate of drug-likeness (QED) is 0.666. The van der Waals surface area contributed by atoms with Gasteiger partial charge in [-0.3, -0.25) is 9.79 Å². The molecule has 1 aromatic rings. The number of allylic oxidation sites excluding steroid dienone is 2. The Morgan fingerprint density at radius 1 is 1.25 bits per heavy atom. The van der Waals surface area contributed by atoms with E-state index in [1.807, 2.05) is 0 Å². The fourth-order valence-corrected chi connectivity index (χ4v) is 4.61. The minimum Gasteiger partial charge on any atom is -0.341 e. The third-order valence-corrected chi connectivity index (χ3v) is 6.39. The highest BCUT2D eigenvalue weighted by Crippen LogP contribution is 2.42. The van der Waals surface area contributed by atoms with Crippen molar-refractivity contribution in [1.29, 1.82) is 0 Å². The van der Waals surface area contributed by atoms with Gasteiger partial charge in [0.2, 0.25) is 4.87 Å². The fourth-order valence-electron chi connectivity index (χ4n) is 3.61. The third-order valence-electron chi connectivity index (χ3n) is 5.04. The van der Waals surface area contributed by atoms with Gasteiger partial charge in [-0.15, -0.1) is 11.3 Å². The van der Waals surface area contributed by atoms with Crippen molar-refractivity contribution in [2.24, 2.45) is 10.1 Å². The molecule has 1 fully saturated rings. The van der Waals surface area contributed by atoms with E-state index < -0.39 is 28.8 Å². The summed E-state index contributed by atoms with van der Waals surface area (Å²) < 4.78 is 41.0. The van der Waals surface area contributed by atoms with E-state index in [-0.39, 0.29) is 5.71 Å². The van der Waals surface area contributed by atoms with Crippen molar-refractivity contribution < 1.29 is 18.0 Å². The Bertz CT molecular complexity index is 844. The molecule has 150 valence electrons. The van der Waals surface area contributed by atoms with Crippen LogP contribution < -0.4 is 0 Å². The first-order valence-electron chi connectivity index (χ1n) is 9.04. The zero-order chi connectivity index (χ0) is 19.9. The van der Waals surface area contributed by atoms with Gasteiger partial charge in [-0.25, -0.2) is 5.01 Å². The van der Waals surface area contributed by atoms with Crippen LogP contribution in [0.5, 0.6) is 0 Å². The molecule has 0 aromatic carbocycles. The molecule has 1 aromatic heterocycles. The number of carbonyl (C=O) groups excluding carboxylic acids is 1. The number of nitrogens with zero attached hydrogens (tertiary/aromatic N) is 4. The Balaban J connectivity index is 1.72. The molecule has 3 aliphatic rings. The highest BCUT2D eigenvalue weighted by molar-refractivity contribution is 7.12. The number of hydrogen-bond acceptors (Lipinski definition) is 5. The van der Waals surface area contributed by atoms with Gasteiger partial charge in [-0.05, 0) is 30.4 Å². The van der Waals surface area contributed by atoms with E-state index in [1.54, 1.807) is 22.4 Å². The first kappa shape index (κ1) is 19.4. The van der Waals surface area contributed by atoms with Gasteiger partial charge >= 0.3 is 6.18 Å². The van der Waals surface area contributed by atoms with Gasteiger partial charge in [0.1, 0.15) is 5.70 Å². The molecule has 0 saturated carbocycles. The number of alkyl halides is 4. The lowest BCUT2D eigenvalue weighted by Gasteiger charge is -2.36. The summed E-state index contributed by atoms with van der Waals surface area (Å²) in [4.78, 5) is 18.0. The van der Waals surface area contributed by atoms with E-state index in [1.165, 1.54) is 11.3 Å². The molecule has 4 heterocycles. The number of hydrogen-bond donors (Lipinski definition) is 0. The summed E-state index contributed by atoms with van der Waals surface area (Å²) in [5.74, 6) is -0.440. The van der Waals surface area contributed by atoms with Crippen molar-refractivity contribution in [3.8, 4) is 0 Å². The summed E-state index contributed by atoms with van der Waals surface area (Å²) >= 11 is 7.92. The normalized spacial score (nSPS) is 27.9. The standard InChI is InChI=1S/C18H18ClF3N4OS/c19-17(16(27)25-7-3-1-2-4-8-25)11-23-26-14(18(20,21)22)10-12(24-15(17)26)13-6-5-9-28-13/h5-6,9-11,15H,1-4,7-8H2. The molecule has 0 bridgehead atoms. The summed E-state index contributed by atoms with van der Waals surface area (Å²) in [7, 11) is 0. The molecule has 3 aliphatic heterocycles. The van der Waals surface area contributed by atoms with Crippen LogP contribution in [0.3, 0.4) is 0 Å². The highest BCUT2D eigenvalue weighted by atomic mass is 35.5. The smallest absolute Gasteiger partial charge is 0.341 e. The second-order valence-electron chi connectivity index (χ2n) is 6.96. The number of thiophene rings is 1. The minimum absolute atomic E-state index is 0.155. The lowest BCUT2D eigenvalue weighted by atomic mass is 10.0. The molecule has 10 heteroatoms. The Kier molecular flexibility index (Phi) is 4.99. The van der Waals surface area contributed by atoms with Crippen molar-refractivity contribution in [2.75, 3.05) is 13.1 Å². The minimum atomic E-state index is -4.65. The average molecular weight is 431 g/mol. The zero-order valence-electron chi connectivity index (χ0n) is 14.8. The van der Waals surface area contributed by atoms with Gasteiger partial charge in [-0.2, -0.15) is 18.3 Å². The van der Waals surface area contributed by atoms with Crippen LogP contribution >= 0.6 is 22.9 Å². The Morgan fingerprint density at radius 2 is 1.96 bits per heavy atom. The van der Waals surface area contributed by atoms with Crippen LogP contribution in [-0.4, -0.2) is 58.0 Å². The first-order chi connectivity index (χ1) is 13.3. The number of carbonyl (C=O) groups is 1. The predicted octanol–water partition coefficient (Wildman–Crippen LogP) is 4.00. The Hall–Kier alpha value is -1.87. The predicted molar refractivity (Wildman–Crippen MR) is 103 cm³/mol. The van der Waals surface area contributed by atoms with Crippen LogP contribution in [0.1, 0.15) is 30.6 Å². The molecular weight excluding hydrogens is 413 g/mol. The monoisotopic (exact) mass is 430 g/mol. The molecule has 1 saturated heterocycles. The summed E-state index contributed by atoms with van der Waals surface area (Å²) in [5.41, 5.74) is -0.818. The van der Waals surface area contributed by atoms with Crippen molar-refractivity contribution in [3.63, 3.8) is 0 Å². The number of fused-ring (bicyclic) bond motifs is 1. The summed E-state index contributed by atoms with van der Waals surface area (Å²) in [6, 6.07) is 3.42. The van der Waals surface area contributed by atoms with Crippen LogP contribution in [0.4, 0.5) is 13.2 Å². The molecule has 0 aliphatic carbocycles. The third kappa shape index (κ3) is 3.34. The fraction of sp³-hybridized carbons (Fsp3) is 0.500. The number of halogens is 4. The van der Waals surface area contributed by atoms with Gasteiger partial charge in [0.05, 0.1) is 16.8 Å². The van der Waals surface area contributed by atoms with E-state index in [9.17, 15) is 18.0 Å². The second kappa shape index (κ2) is 7.18. The maximum atomic E-state index is 13.7. The second-order valence-corrected chi connectivity index (χ2v) is 8.53. The van der Waals surface area contributed by atoms with Gasteiger partial charge < -0.3 is 4.90 Å². The van der Waals surface area contributed by atoms with Crippen LogP contribution in [0.2, 0.25) is 0 Å². The average Bonchev–Trinajstić information content (AvgIpc) is 3.21. The van der Waals surface area contributed by atoms with Gasteiger partial charge in [0.25, 0.3) is 5.91 Å². The molecule has 1 amide bonds. The lowest BCUT2D eigenvalue weighted by molar-refractivity contribution is -0.135. The van der Waals surface area contributed by atoms with Crippen molar-refractivity contribution in [2.45, 2.75) is 42.9 Å². The van der Waals surface area contributed by atoms with Crippen molar-refractivity contribution in [3.05, 3.63) is 34.2 Å². The first-order valence-corrected chi connectivity index (χ1v) is 10.3. The number of hydrazone groups is 1. The molecule has 5 nitrogen and oxygen atoms in total. The molecule has 0 spiro atoms. The summed E-state index contributed by atoms with van der Waals surface area (Å²) in [6.07, 6.45) is -0.130. The zero-order valence-corrected chi connectivity index (χ0v) is 16.4. The Labute approximate surface area is 169 Å². The van der Waals surface area contributed by atoms with Gasteiger partial charge in [-0.1, -0.05) is 30.5 Å². The topological polar surface area (TPSA) is 48.3 Å². The van der Waals surface area contributed by atoms with Crippen LogP contribution in [0.25, 0.3) is 0 Å². The SMILES string of the molecule is O=C(N1CCCCCC1)C1(Cl)C=NN2C(C(F)(F)F)=CC(c3cccs3)=NC21. The maximum Gasteiger partial charge on any atom is 0.433 e. The molecule has 28 heavy (non-hydrogen) atoms. The summed E-state index contributed by atoms with van der Waals surface area (Å²) in [5, 5.41) is 6.33. The molecular formula is C18H18ClF3N4OS. The van der Waals surface area contributed by atoms with E-state index in [2.05, 4.69) is 10.1 Å². The number of aliphatic imine (C=N–C) groups is 1. The maximum absolute atomic E-state index is 13.7. The number of likely N-dealkylation sites (tertiary alicyclic amines) is 1. The summed E-state index contributed by atoms with van der Waals surface area (Å²) in [6.45, 7) is 1.08. The molecule has 0 radical (unpaired) electrons. The highest BCUT2D eigenvalue weighted by Gasteiger charge is 2.57. The van der Waals surface area contributed by atoms with Crippen LogP contribution in [0, 0.1) is 0 Å². The van der Waals surface area contributed by atoms with Crippen molar-refractivity contribution in [1.82, 2.24) is 9.91 Å². The van der Waals surface area contributed by atoms with E-state index in [0.717, 1.165) is 43.0 Å².